The van der Waals surface area contributed by atoms with E-state index in [1.165, 1.54) is 11.1 Å². The molecule has 1 aromatic carbocycles. The van der Waals surface area contributed by atoms with Gasteiger partial charge in [0, 0.05) is 26.0 Å². The number of imidazole rings is 1. The van der Waals surface area contributed by atoms with E-state index < -0.39 is 0 Å². The second kappa shape index (κ2) is 4.85. The highest BCUT2D eigenvalue weighted by atomic mass is 15.2. The van der Waals surface area contributed by atoms with Crippen molar-refractivity contribution in [3.05, 3.63) is 54.0 Å². The van der Waals surface area contributed by atoms with Crippen molar-refractivity contribution in [2.45, 2.75) is 13.5 Å². The van der Waals surface area contributed by atoms with E-state index in [1.54, 1.807) is 12.4 Å². The average Bonchev–Trinajstić information content (AvgIpc) is 2.85. The normalized spacial score (nSPS) is 10.9. The third kappa shape index (κ3) is 2.30. The van der Waals surface area contributed by atoms with Gasteiger partial charge in [0.05, 0.1) is 6.20 Å². The molecule has 5 nitrogen and oxygen atoms in total. The summed E-state index contributed by atoms with van der Waals surface area (Å²) in [7, 11) is 2.00. The maximum atomic E-state index is 5.85. The molecule has 2 N–H and O–H groups in total. The van der Waals surface area contributed by atoms with E-state index in [4.69, 9.17) is 5.73 Å². The van der Waals surface area contributed by atoms with Gasteiger partial charge in [-0.05, 0) is 12.5 Å². The first-order valence-electron chi connectivity index (χ1n) is 6.49. The minimum atomic E-state index is 0.488. The first-order chi connectivity index (χ1) is 9.63. The number of aromatic nitrogens is 3. The summed E-state index contributed by atoms with van der Waals surface area (Å²) in [5.41, 5.74) is 9.16. The van der Waals surface area contributed by atoms with Crippen molar-refractivity contribution in [2.75, 3.05) is 17.7 Å². The first-order valence-corrected chi connectivity index (χ1v) is 6.49. The van der Waals surface area contributed by atoms with Crippen LogP contribution in [-0.2, 0) is 6.54 Å². The zero-order chi connectivity index (χ0) is 14.1. The fourth-order valence-electron chi connectivity index (χ4n) is 2.35. The number of fused-ring (bicyclic) bond motifs is 1. The lowest BCUT2D eigenvalue weighted by Crippen LogP contribution is -2.19. The number of aryl methyl sites for hydroxylation is 1. The topological polar surface area (TPSA) is 59.5 Å². The van der Waals surface area contributed by atoms with Gasteiger partial charge in [0.2, 0.25) is 0 Å². The number of benzene rings is 1. The van der Waals surface area contributed by atoms with Gasteiger partial charge in [-0.3, -0.25) is 0 Å². The second-order valence-corrected chi connectivity index (χ2v) is 4.99. The SMILES string of the molecule is Cc1cccc(CN(C)c2nc(N)cn3ccnc23)c1. The minimum Gasteiger partial charge on any atom is -0.382 e. The van der Waals surface area contributed by atoms with E-state index in [2.05, 4.69) is 46.1 Å². The Morgan fingerprint density at radius 2 is 2.20 bits per heavy atom. The van der Waals surface area contributed by atoms with Gasteiger partial charge in [0.25, 0.3) is 0 Å². The molecule has 0 aliphatic heterocycles. The maximum absolute atomic E-state index is 5.85. The van der Waals surface area contributed by atoms with E-state index in [0.717, 1.165) is 18.0 Å². The molecule has 3 rings (SSSR count). The van der Waals surface area contributed by atoms with Gasteiger partial charge in [0.15, 0.2) is 11.5 Å². The number of nitrogens with zero attached hydrogens (tertiary/aromatic N) is 4. The maximum Gasteiger partial charge on any atom is 0.180 e. The smallest absolute Gasteiger partial charge is 0.180 e. The summed E-state index contributed by atoms with van der Waals surface area (Å²) >= 11 is 0. The van der Waals surface area contributed by atoms with Gasteiger partial charge in [-0.15, -0.1) is 0 Å². The molecule has 5 heteroatoms. The Balaban J connectivity index is 1.96. The van der Waals surface area contributed by atoms with Crippen molar-refractivity contribution in [2.24, 2.45) is 0 Å². The van der Waals surface area contributed by atoms with Crippen LogP contribution in [-0.4, -0.2) is 21.4 Å². The van der Waals surface area contributed by atoms with Crippen molar-refractivity contribution in [1.29, 1.82) is 0 Å². The summed E-state index contributed by atoms with van der Waals surface area (Å²) in [4.78, 5) is 10.8. The predicted octanol–water partition coefficient (Wildman–Crippen LogP) is 2.26. The van der Waals surface area contributed by atoms with E-state index in [9.17, 15) is 0 Å². The molecule has 0 saturated carbocycles. The average molecular weight is 267 g/mol. The van der Waals surface area contributed by atoms with E-state index in [1.807, 2.05) is 17.6 Å². The Hall–Kier alpha value is -2.56. The van der Waals surface area contributed by atoms with Crippen LogP contribution in [0.4, 0.5) is 11.6 Å². The van der Waals surface area contributed by atoms with Gasteiger partial charge in [-0.25, -0.2) is 9.97 Å². The quantitative estimate of drug-likeness (QED) is 0.790. The molecule has 2 aromatic heterocycles. The van der Waals surface area contributed by atoms with Crippen LogP contribution < -0.4 is 10.6 Å². The van der Waals surface area contributed by atoms with Crippen LogP contribution in [0.15, 0.2) is 42.9 Å². The number of hydrogen-bond donors (Lipinski definition) is 1. The Kier molecular flexibility index (Phi) is 3.02. The standard InChI is InChI=1S/C15H17N5/c1-11-4-3-5-12(8-11)9-19(2)15-14-17-6-7-20(14)10-13(16)18-15/h3-8,10H,9,16H2,1-2H3. The summed E-state index contributed by atoms with van der Waals surface area (Å²) < 4.78 is 1.89. The molecular formula is C15H17N5. The number of nitrogen functional groups attached to an aromatic ring is 1. The summed E-state index contributed by atoms with van der Waals surface area (Å²) in [6, 6.07) is 8.44. The molecule has 20 heavy (non-hydrogen) atoms. The van der Waals surface area contributed by atoms with E-state index in [-0.39, 0.29) is 0 Å². The van der Waals surface area contributed by atoms with Crippen molar-refractivity contribution in [1.82, 2.24) is 14.4 Å². The highest BCUT2D eigenvalue weighted by molar-refractivity contribution is 5.66. The second-order valence-electron chi connectivity index (χ2n) is 4.99. The van der Waals surface area contributed by atoms with Crippen LogP contribution >= 0.6 is 0 Å². The zero-order valence-electron chi connectivity index (χ0n) is 11.6. The van der Waals surface area contributed by atoms with Gasteiger partial charge in [0.1, 0.15) is 5.82 Å². The van der Waals surface area contributed by atoms with Crippen molar-refractivity contribution in [3.63, 3.8) is 0 Å². The summed E-state index contributed by atoms with van der Waals surface area (Å²) in [6.45, 7) is 2.86. The summed E-state index contributed by atoms with van der Waals surface area (Å²) in [5, 5.41) is 0. The molecular weight excluding hydrogens is 250 g/mol. The van der Waals surface area contributed by atoms with Gasteiger partial charge in [-0.2, -0.15) is 0 Å². The lowest BCUT2D eigenvalue weighted by molar-refractivity contribution is 0.893. The predicted molar refractivity (Wildman–Crippen MR) is 80.7 cm³/mol. The fraction of sp³-hybridized carbons (Fsp3) is 0.200. The van der Waals surface area contributed by atoms with Crippen LogP contribution in [0.5, 0.6) is 0 Å². The Morgan fingerprint density at radius 1 is 1.35 bits per heavy atom. The highest BCUT2D eigenvalue weighted by Gasteiger charge is 2.11. The first kappa shape index (κ1) is 12.5. The molecule has 0 fully saturated rings. The lowest BCUT2D eigenvalue weighted by Gasteiger charge is -2.19. The third-order valence-corrected chi connectivity index (χ3v) is 3.24. The monoisotopic (exact) mass is 267 g/mol. The molecule has 0 spiro atoms. The van der Waals surface area contributed by atoms with Gasteiger partial charge < -0.3 is 15.0 Å². The third-order valence-electron chi connectivity index (χ3n) is 3.24. The van der Waals surface area contributed by atoms with Crippen LogP contribution in [0.1, 0.15) is 11.1 Å². The minimum absolute atomic E-state index is 0.488. The molecule has 2 heterocycles. The lowest BCUT2D eigenvalue weighted by atomic mass is 10.1. The molecule has 0 aliphatic carbocycles. The van der Waals surface area contributed by atoms with Crippen molar-refractivity contribution < 1.29 is 0 Å². The fourth-order valence-corrected chi connectivity index (χ4v) is 2.35. The molecule has 0 atom stereocenters. The van der Waals surface area contributed by atoms with Gasteiger partial charge >= 0.3 is 0 Å². The van der Waals surface area contributed by atoms with Crippen LogP contribution in [0.2, 0.25) is 0 Å². The number of anilines is 2. The molecule has 0 aliphatic rings. The van der Waals surface area contributed by atoms with Gasteiger partial charge in [-0.1, -0.05) is 29.8 Å². The summed E-state index contributed by atoms with van der Waals surface area (Å²) in [6.07, 6.45) is 5.39. The molecule has 0 saturated heterocycles. The molecule has 102 valence electrons. The van der Waals surface area contributed by atoms with Crippen LogP contribution in [0.25, 0.3) is 5.65 Å². The van der Waals surface area contributed by atoms with E-state index in [0.29, 0.717) is 5.82 Å². The van der Waals surface area contributed by atoms with Crippen LogP contribution in [0, 0.1) is 6.92 Å². The number of hydrogen-bond acceptors (Lipinski definition) is 4. The van der Waals surface area contributed by atoms with Crippen molar-refractivity contribution >= 4 is 17.3 Å². The highest BCUT2D eigenvalue weighted by Crippen LogP contribution is 2.20. The number of rotatable bonds is 3. The molecule has 3 aromatic rings. The molecule has 0 radical (unpaired) electrons. The zero-order valence-corrected chi connectivity index (χ0v) is 11.6. The Morgan fingerprint density at radius 3 is 3.00 bits per heavy atom. The van der Waals surface area contributed by atoms with E-state index >= 15 is 0 Å². The molecule has 0 unspecified atom stereocenters. The van der Waals surface area contributed by atoms with Crippen LogP contribution in [0.3, 0.4) is 0 Å². The van der Waals surface area contributed by atoms with Crippen molar-refractivity contribution in [3.8, 4) is 0 Å². The summed E-state index contributed by atoms with van der Waals surface area (Å²) in [5.74, 6) is 1.28. The molecule has 0 amide bonds. The number of nitrogens with two attached hydrogens (primary N) is 1. The molecule has 0 bridgehead atoms. The Bertz CT molecular complexity index is 747. The largest absolute Gasteiger partial charge is 0.382 e. The Labute approximate surface area is 117 Å².